The van der Waals surface area contributed by atoms with Crippen molar-refractivity contribution in [3.05, 3.63) is 0 Å². The van der Waals surface area contributed by atoms with Crippen LogP contribution in [0, 0.1) is 11.8 Å². The van der Waals surface area contributed by atoms with E-state index in [1.54, 1.807) is 0 Å². The SMILES string of the molecule is CC(C)C1CCC2CC2N1C(C)(C)C. The van der Waals surface area contributed by atoms with Gasteiger partial charge in [0.05, 0.1) is 0 Å². The molecule has 1 saturated carbocycles. The largest absolute Gasteiger partial charge is 0.292 e. The second-order valence-electron chi connectivity index (χ2n) is 6.53. The Hall–Kier alpha value is -0.0400. The summed E-state index contributed by atoms with van der Waals surface area (Å²) < 4.78 is 0. The summed E-state index contributed by atoms with van der Waals surface area (Å²) in [5, 5.41) is 0. The first kappa shape index (κ1) is 10.5. The van der Waals surface area contributed by atoms with Crippen LogP contribution in [0.15, 0.2) is 0 Å². The van der Waals surface area contributed by atoms with Gasteiger partial charge in [-0.3, -0.25) is 4.90 Å². The van der Waals surface area contributed by atoms with E-state index < -0.39 is 0 Å². The molecule has 82 valence electrons. The molecule has 0 aromatic heterocycles. The minimum Gasteiger partial charge on any atom is -0.292 e. The highest BCUT2D eigenvalue weighted by atomic mass is 15.3. The summed E-state index contributed by atoms with van der Waals surface area (Å²) in [7, 11) is 0. The zero-order valence-corrected chi connectivity index (χ0v) is 10.4. The lowest BCUT2D eigenvalue weighted by Gasteiger charge is -2.46. The molecular weight excluding hydrogens is 170 g/mol. The van der Waals surface area contributed by atoms with E-state index in [1.807, 2.05) is 0 Å². The predicted octanol–water partition coefficient (Wildman–Crippen LogP) is 3.29. The number of likely N-dealkylation sites (tertiary alicyclic amines) is 1. The van der Waals surface area contributed by atoms with E-state index >= 15 is 0 Å². The lowest BCUT2D eigenvalue weighted by molar-refractivity contribution is 0.0187. The maximum atomic E-state index is 2.81. The van der Waals surface area contributed by atoms with Crippen LogP contribution in [0.3, 0.4) is 0 Å². The monoisotopic (exact) mass is 195 g/mol. The molecular formula is C13H25N. The van der Waals surface area contributed by atoms with Crippen LogP contribution in [0.2, 0.25) is 0 Å². The molecule has 0 radical (unpaired) electrons. The van der Waals surface area contributed by atoms with E-state index in [1.165, 1.54) is 19.3 Å². The zero-order valence-electron chi connectivity index (χ0n) is 10.4. The molecule has 3 unspecified atom stereocenters. The quantitative estimate of drug-likeness (QED) is 0.620. The summed E-state index contributed by atoms with van der Waals surface area (Å²) in [6, 6.07) is 1.76. The molecule has 0 amide bonds. The Morgan fingerprint density at radius 2 is 1.79 bits per heavy atom. The lowest BCUT2D eigenvalue weighted by atomic mass is 9.88. The molecule has 2 rings (SSSR count). The van der Waals surface area contributed by atoms with Gasteiger partial charge >= 0.3 is 0 Å². The number of piperidine rings is 1. The fraction of sp³-hybridized carbons (Fsp3) is 1.00. The summed E-state index contributed by atoms with van der Waals surface area (Å²) in [5.41, 5.74) is 0.370. The fourth-order valence-corrected chi connectivity index (χ4v) is 3.30. The number of fused-ring (bicyclic) bond motifs is 1. The lowest BCUT2D eigenvalue weighted by Crippen LogP contribution is -2.53. The van der Waals surface area contributed by atoms with Crippen molar-refractivity contribution in [2.75, 3.05) is 0 Å². The maximum Gasteiger partial charge on any atom is 0.0136 e. The van der Waals surface area contributed by atoms with E-state index in [9.17, 15) is 0 Å². The molecule has 1 saturated heterocycles. The second-order valence-corrected chi connectivity index (χ2v) is 6.53. The van der Waals surface area contributed by atoms with Crippen molar-refractivity contribution in [1.82, 2.24) is 4.90 Å². The molecule has 2 aliphatic rings. The topological polar surface area (TPSA) is 3.24 Å². The zero-order chi connectivity index (χ0) is 10.5. The predicted molar refractivity (Wildman–Crippen MR) is 61.3 cm³/mol. The van der Waals surface area contributed by atoms with Gasteiger partial charge in [0.1, 0.15) is 0 Å². The molecule has 1 nitrogen and oxygen atoms in total. The van der Waals surface area contributed by atoms with E-state index in [2.05, 4.69) is 39.5 Å². The van der Waals surface area contributed by atoms with Crippen molar-refractivity contribution in [1.29, 1.82) is 0 Å². The first-order valence-electron chi connectivity index (χ1n) is 6.19. The van der Waals surface area contributed by atoms with Crippen LogP contribution in [0.4, 0.5) is 0 Å². The Morgan fingerprint density at radius 3 is 2.29 bits per heavy atom. The highest BCUT2D eigenvalue weighted by Crippen LogP contribution is 2.49. The third-order valence-corrected chi connectivity index (χ3v) is 3.98. The molecule has 1 heterocycles. The highest BCUT2D eigenvalue weighted by Gasteiger charge is 2.51. The minimum absolute atomic E-state index is 0.370. The van der Waals surface area contributed by atoms with Crippen molar-refractivity contribution >= 4 is 0 Å². The van der Waals surface area contributed by atoms with Gasteiger partial charge in [0, 0.05) is 17.6 Å². The van der Waals surface area contributed by atoms with Crippen LogP contribution in [0.25, 0.3) is 0 Å². The second kappa shape index (κ2) is 3.23. The third kappa shape index (κ3) is 1.71. The summed E-state index contributed by atoms with van der Waals surface area (Å²) in [5.74, 6) is 1.86. The van der Waals surface area contributed by atoms with Crippen molar-refractivity contribution in [3.63, 3.8) is 0 Å². The van der Waals surface area contributed by atoms with Crippen LogP contribution in [-0.4, -0.2) is 22.5 Å². The van der Waals surface area contributed by atoms with E-state index in [-0.39, 0.29) is 0 Å². The third-order valence-electron chi connectivity index (χ3n) is 3.98. The van der Waals surface area contributed by atoms with E-state index in [0.29, 0.717) is 5.54 Å². The van der Waals surface area contributed by atoms with Gasteiger partial charge in [0.25, 0.3) is 0 Å². The van der Waals surface area contributed by atoms with Crippen molar-refractivity contribution < 1.29 is 0 Å². The normalized spacial score (nSPS) is 38.6. The smallest absolute Gasteiger partial charge is 0.0136 e. The Labute approximate surface area is 88.9 Å². The average molecular weight is 195 g/mol. The van der Waals surface area contributed by atoms with Gasteiger partial charge in [0.2, 0.25) is 0 Å². The number of hydrogen-bond donors (Lipinski definition) is 0. The summed E-state index contributed by atoms with van der Waals surface area (Å²) in [6.07, 6.45) is 4.39. The standard InChI is InChI=1S/C13H25N/c1-9(2)11-7-6-10-8-12(10)14(11)13(3,4)5/h9-12H,6-8H2,1-5H3. The molecule has 0 aromatic carbocycles. The van der Waals surface area contributed by atoms with Gasteiger partial charge in [-0.2, -0.15) is 0 Å². The van der Waals surface area contributed by atoms with Crippen LogP contribution >= 0.6 is 0 Å². The van der Waals surface area contributed by atoms with Crippen molar-refractivity contribution in [3.8, 4) is 0 Å². The molecule has 0 N–H and O–H groups in total. The minimum atomic E-state index is 0.370. The Bertz CT molecular complexity index is 214. The van der Waals surface area contributed by atoms with Crippen molar-refractivity contribution in [2.24, 2.45) is 11.8 Å². The first-order valence-corrected chi connectivity index (χ1v) is 6.19. The number of nitrogens with zero attached hydrogens (tertiary/aromatic N) is 1. The van der Waals surface area contributed by atoms with Gasteiger partial charge in [-0.05, 0) is 51.9 Å². The molecule has 0 aromatic rings. The fourth-order valence-electron chi connectivity index (χ4n) is 3.30. The Balaban J connectivity index is 2.15. The first-order chi connectivity index (χ1) is 6.41. The highest BCUT2D eigenvalue weighted by molar-refractivity contribution is 5.05. The van der Waals surface area contributed by atoms with Crippen LogP contribution in [0.1, 0.15) is 53.9 Å². The molecule has 0 bridgehead atoms. The van der Waals surface area contributed by atoms with Crippen molar-refractivity contribution in [2.45, 2.75) is 71.5 Å². The van der Waals surface area contributed by atoms with Gasteiger partial charge in [-0.1, -0.05) is 13.8 Å². The molecule has 1 aliphatic carbocycles. The summed E-state index contributed by atoms with van der Waals surface area (Å²) in [4.78, 5) is 2.81. The maximum absolute atomic E-state index is 2.81. The van der Waals surface area contributed by atoms with Crippen LogP contribution < -0.4 is 0 Å². The van der Waals surface area contributed by atoms with Gasteiger partial charge in [-0.25, -0.2) is 0 Å². The summed E-state index contributed by atoms with van der Waals surface area (Å²) >= 11 is 0. The molecule has 1 aliphatic heterocycles. The molecule has 1 heteroatoms. The molecule has 2 fully saturated rings. The average Bonchev–Trinajstić information content (AvgIpc) is 2.77. The van der Waals surface area contributed by atoms with E-state index in [4.69, 9.17) is 0 Å². The van der Waals surface area contributed by atoms with Crippen LogP contribution in [0.5, 0.6) is 0 Å². The Morgan fingerprint density at radius 1 is 1.14 bits per heavy atom. The molecule has 0 spiro atoms. The Kier molecular flexibility index (Phi) is 2.42. The summed E-state index contributed by atoms with van der Waals surface area (Å²) in [6.45, 7) is 11.9. The molecule has 14 heavy (non-hydrogen) atoms. The van der Waals surface area contributed by atoms with Gasteiger partial charge in [0.15, 0.2) is 0 Å². The number of rotatable bonds is 1. The number of hydrogen-bond acceptors (Lipinski definition) is 1. The van der Waals surface area contributed by atoms with Crippen LogP contribution in [-0.2, 0) is 0 Å². The van der Waals surface area contributed by atoms with E-state index in [0.717, 1.165) is 23.9 Å². The van der Waals surface area contributed by atoms with Gasteiger partial charge in [-0.15, -0.1) is 0 Å². The van der Waals surface area contributed by atoms with Gasteiger partial charge < -0.3 is 0 Å². The molecule has 3 atom stereocenters.